The van der Waals surface area contributed by atoms with Crippen LogP contribution in [-0.2, 0) is 6.61 Å². The first-order chi connectivity index (χ1) is 9.01. The van der Waals surface area contributed by atoms with Crippen LogP contribution in [0.1, 0.15) is 10.4 Å². The van der Waals surface area contributed by atoms with Gasteiger partial charge in [0.15, 0.2) is 0 Å². The van der Waals surface area contributed by atoms with Crippen molar-refractivity contribution in [1.29, 1.82) is 0 Å². The summed E-state index contributed by atoms with van der Waals surface area (Å²) in [5.41, 5.74) is 0.674. The van der Waals surface area contributed by atoms with E-state index in [-0.39, 0.29) is 28.4 Å². The van der Waals surface area contributed by atoms with Crippen LogP contribution in [-0.4, -0.2) is 15.0 Å². The molecule has 1 aromatic carbocycles. The highest BCUT2D eigenvalue weighted by Gasteiger charge is 2.18. The minimum absolute atomic E-state index is 0.0971. The van der Waals surface area contributed by atoms with E-state index in [4.69, 9.17) is 21.4 Å². The second-order valence-corrected chi connectivity index (χ2v) is 5.09. The van der Waals surface area contributed by atoms with Gasteiger partial charge in [-0.1, -0.05) is 29.0 Å². The van der Waals surface area contributed by atoms with E-state index >= 15 is 0 Å². The van der Waals surface area contributed by atoms with E-state index < -0.39 is 4.92 Å². The van der Waals surface area contributed by atoms with Crippen LogP contribution in [0.4, 0.5) is 5.69 Å². The van der Waals surface area contributed by atoms with Gasteiger partial charge in [0, 0.05) is 6.07 Å². The van der Waals surface area contributed by atoms with E-state index in [0.717, 1.165) is 16.9 Å². The molecule has 0 saturated heterocycles. The summed E-state index contributed by atoms with van der Waals surface area (Å²) in [5, 5.41) is 20.2. The third-order valence-corrected chi connectivity index (χ3v) is 3.63. The molecule has 100 valence electrons. The topological polar surface area (TPSA) is 85.5 Å². The van der Waals surface area contributed by atoms with Crippen LogP contribution in [0.25, 0.3) is 0 Å². The number of nitro benzene ring substituents is 1. The molecule has 0 atom stereocenters. The first kappa shape index (κ1) is 13.7. The smallest absolute Gasteiger partial charge is 0.311 e. The van der Waals surface area contributed by atoms with E-state index in [1.165, 1.54) is 6.07 Å². The Balaban J connectivity index is 2.36. The molecule has 0 unspecified atom stereocenters. The van der Waals surface area contributed by atoms with E-state index in [2.05, 4.69) is 4.98 Å². The maximum Gasteiger partial charge on any atom is 0.311 e. The third kappa shape index (κ3) is 3.01. The Morgan fingerprint density at radius 2 is 2.32 bits per heavy atom. The van der Waals surface area contributed by atoms with Crippen molar-refractivity contribution in [2.45, 2.75) is 13.5 Å². The number of benzene rings is 1. The van der Waals surface area contributed by atoms with E-state index in [9.17, 15) is 10.1 Å². The standard InChI is InChI=1S/C11H9ClN2O4S/c1-6-2-3-7(14(16)17)8(4-6)18-11-13-10(12)9(5-15)19-11/h2-4,15H,5H2,1H3. The van der Waals surface area contributed by atoms with Crippen LogP contribution in [0, 0.1) is 17.0 Å². The predicted octanol–water partition coefficient (Wildman–Crippen LogP) is 3.30. The van der Waals surface area contributed by atoms with Gasteiger partial charge in [0.05, 0.1) is 16.4 Å². The molecular weight excluding hydrogens is 292 g/mol. The molecule has 0 aliphatic rings. The van der Waals surface area contributed by atoms with Gasteiger partial charge in [-0.3, -0.25) is 10.1 Å². The normalized spacial score (nSPS) is 10.5. The highest BCUT2D eigenvalue weighted by molar-refractivity contribution is 7.13. The number of nitro groups is 1. The van der Waals surface area contributed by atoms with Crippen molar-refractivity contribution in [3.05, 3.63) is 43.9 Å². The summed E-state index contributed by atoms with van der Waals surface area (Å²) >= 11 is 6.81. The van der Waals surface area contributed by atoms with E-state index in [0.29, 0.717) is 4.88 Å². The highest BCUT2D eigenvalue weighted by atomic mass is 35.5. The number of aliphatic hydroxyl groups is 1. The second-order valence-electron chi connectivity index (χ2n) is 3.68. The molecule has 1 heterocycles. The monoisotopic (exact) mass is 300 g/mol. The van der Waals surface area contributed by atoms with Crippen molar-refractivity contribution >= 4 is 28.6 Å². The van der Waals surface area contributed by atoms with Crippen LogP contribution in [0.2, 0.25) is 5.15 Å². The quantitative estimate of drug-likeness (QED) is 0.691. The second kappa shape index (κ2) is 5.52. The Morgan fingerprint density at radius 1 is 1.58 bits per heavy atom. The number of aromatic nitrogens is 1. The molecular formula is C11H9ClN2O4S. The number of aryl methyl sites for hydroxylation is 1. The summed E-state index contributed by atoms with van der Waals surface area (Å²) in [7, 11) is 0. The zero-order chi connectivity index (χ0) is 14.0. The van der Waals surface area contributed by atoms with Gasteiger partial charge < -0.3 is 9.84 Å². The van der Waals surface area contributed by atoms with E-state index in [1.54, 1.807) is 19.1 Å². The summed E-state index contributed by atoms with van der Waals surface area (Å²) in [6.45, 7) is 1.54. The lowest BCUT2D eigenvalue weighted by molar-refractivity contribution is -0.385. The minimum Gasteiger partial charge on any atom is -0.423 e. The fraction of sp³-hybridized carbons (Fsp3) is 0.182. The predicted molar refractivity (Wildman–Crippen MR) is 71.0 cm³/mol. The molecule has 2 aromatic rings. The maximum atomic E-state index is 10.9. The number of rotatable bonds is 4. The molecule has 0 saturated carbocycles. The Hall–Kier alpha value is -1.70. The first-order valence-corrected chi connectivity index (χ1v) is 6.39. The van der Waals surface area contributed by atoms with Crippen molar-refractivity contribution in [3.8, 4) is 10.9 Å². The molecule has 19 heavy (non-hydrogen) atoms. The van der Waals surface area contributed by atoms with Crippen LogP contribution < -0.4 is 4.74 Å². The van der Waals surface area contributed by atoms with Crippen molar-refractivity contribution in [2.24, 2.45) is 0 Å². The largest absolute Gasteiger partial charge is 0.423 e. The van der Waals surface area contributed by atoms with Gasteiger partial charge in [0.25, 0.3) is 5.19 Å². The first-order valence-electron chi connectivity index (χ1n) is 5.20. The summed E-state index contributed by atoms with van der Waals surface area (Å²) < 4.78 is 5.39. The van der Waals surface area contributed by atoms with Crippen molar-refractivity contribution < 1.29 is 14.8 Å². The molecule has 0 aliphatic heterocycles. The number of halogens is 1. The average Bonchev–Trinajstić information content (AvgIpc) is 2.69. The summed E-state index contributed by atoms with van der Waals surface area (Å²) in [4.78, 5) is 14.7. The molecule has 6 nitrogen and oxygen atoms in total. The lowest BCUT2D eigenvalue weighted by Crippen LogP contribution is -1.93. The van der Waals surface area contributed by atoms with Gasteiger partial charge in [-0.15, -0.1) is 0 Å². The van der Waals surface area contributed by atoms with Crippen LogP contribution in [0.15, 0.2) is 18.2 Å². The molecule has 1 aromatic heterocycles. The van der Waals surface area contributed by atoms with Crippen molar-refractivity contribution in [2.75, 3.05) is 0 Å². The van der Waals surface area contributed by atoms with Gasteiger partial charge in [-0.2, -0.15) is 4.98 Å². The number of thiazole rings is 1. The van der Waals surface area contributed by atoms with Gasteiger partial charge in [0.2, 0.25) is 5.75 Å². The lowest BCUT2D eigenvalue weighted by Gasteiger charge is -2.03. The molecule has 0 amide bonds. The summed E-state index contributed by atoms with van der Waals surface area (Å²) in [6.07, 6.45) is 0. The highest BCUT2D eigenvalue weighted by Crippen LogP contribution is 2.36. The number of hydrogen-bond acceptors (Lipinski definition) is 6. The molecule has 0 radical (unpaired) electrons. The van der Waals surface area contributed by atoms with E-state index in [1.807, 2.05) is 0 Å². The molecule has 1 N–H and O–H groups in total. The van der Waals surface area contributed by atoms with Gasteiger partial charge in [-0.25, -0.2) is 0 Å². The molecule has 0 fully saturated rings. The Labute approximate surface area is 117 Å². The molecule has 8 heteroatoms. The van der Waals surface area contributed by atoms with Gasteiger partial charge in [-0.05, 0) is 18.6 Å². The van der Waals surface area contributed by atoms with Gasteiger partial charge >= 0.3 is 5.69 Å². The molecule has 0 aliphatic carbocycles. The minimum atomic E-state index is -0.531. The zero-order valence-electron chi connectivity index (χ0n) is 9.79. The Kier molecular flexibility index (Phi) is 3.98. The van der Waals surface area contributed by atoms with Crippen molar-refractivity contribution in [1.82, 2.24) is 4.98 Å². The third-order valence-electron chi connectivity index (χ3n) is 2.28. The number of hydrogen-bond donors (Lipinski definition) is 1. The van der Waals surface area contributed by atoms with Gasteiger partial charge in [0.1, 0.15) is 5.15 Å². The summed E-state index contributed by atoms with van der Waals surface area (Å²) in [5.74, 6) is 0.0971. The number of aliphatic hydroxyl groups excluding tert-OH is 1. The van der Waals surface area contributed by atoms with Crippen LogP contribution >= 0.6 is 22.9 Å². The summed E-state index contributed by atoms with van der Waals surface area (Å²) in [6, 6.07) is 4.54. The Bertz CT molecular complexity index is 629. The Morgan fingerprint density at radius 3 is 2.89 bits per heavy atom. The average molecular weight is 301 g/mol. The van der Waals surface area contributed by atoms with Crippen molar-refractivity contribution in [3.63, 3.8) is 0 Å². The molecule has 2 rings (SSSR count). The fourth-order valence-electron chi connectivity index (χ4n) is 1.40. The van der Waals surface area contributed by atoms with Crippen LogP contribution in [0.3, 0.4) is 0 Å². The fourth-order valence-corrected chi connectivity index (χ4v) is 2.38. The lowest BCUT2D eigenvalue weighted by atomic mass is 10.2. The maximum absolute atomic E-state index is 10.9. The van der Waals surface area contributed by atoms with Crippen LogP contribution in [0.5, 0.6) is 10.9 Å². The SMILES string of the molecule is Cc1ccc([N+](=O)[O-])c(Oc2nc(Cl)c(CO)s2)c1. The molecule has 0 spiro atoms. The number of nitrogens with zero attached hydrogens (tertiary/aromatic N) is 2. The zero-order valence-corrected chi connectivity index (χ0v) is 11.4. The number of ether oxygens (including phenoxy) is 1. The molecule has 0 bridgehead atoms.